The van der Waals surface area contributed by atoms with Crippen LogP contribution in [0.2, 0.25) is 10.0 Å². The van der Waals surface area contributed by atoms with Gasteiger partial charge in [-0.2, -0.15) is 0 Å². The number of morpholine rings is 1. The minimum atomic E-state index is 0.165. The third-order valence-corrected chi connectivity index (χ3v) is 4.42. The number of ether oxygens (including phenoxy) is 1. The second kappa shape index (κ2) is 7.39. The molecule has 0 radical (unpaired) electrons. The van der Waals surface area contributed by atoms with E-state index in [-0.39, 0.29) is 5.91 Å². The number of amides is 1. The van der Waals surface area contributed by atoms with Crippen molar-refractivity contribution in [3.8, 4) is 0 Å². The maximum Gasteiger partial charge on any atom is 0.232 e. The first-order chi connectivity index (χ1) is 9.16. The van der Waals surface area contributed by atoms with Gasteiger partial charge in [-0.05, 0) is 17.7 Å². The summed E-state index contributed by atoms with van der Waals surface area (Å²) in [5.41, 5.74) is 1.01. The molecule has 0 unspecified atom stereocenters. The molecular formula is C13H15Cl2NO2S. The summed E-state index contributed by atoms with van der Waals surface area (Å²) >= 11 is 13.5. The Kier molecular flexibility index (Phi) is 5.82. The molecule has 0 aliphatic carbocycles. The first kappa shape index (κ1) is 15.0. The van der Waals surface area contributed by atoms with Gasteiger partial charge in [0, 0.05) is 28.9 Å². The Bertz CT molecular complexity index is 450. The van der Waals surface area contributed by atoms with Gasteiger partial charge in [0.25, 0.3) is 0 Å². The summed E-state index contributed by atoms with van der Waals surface area (Å²) in [6, 6.07) is 5.44. The van der Waals surface area contributed by atoms with Gasteiger partial charge in [-0.15, -0.1) is 11.8 Å². The molecule has 1 aliphatic heterocycles. The highest BCUT2D eigenvalue weighted by Gasteiger charge is 2.16. The minimum absolute atomic E-state index is 0.165. The van der Waals surface area contributed by atoms with Crippen molar-refractivity contribution in [1.82, 2.24) is 4.90 Å². The molecule has 1 aromatic rings. The Balaban J connectivity index is 1.78. The molecular weight excluding hydrogens is 305 g/mol. The van der Waals surface area contributed by atoms with Crippen molar-refractivity contribution in [2.75, 3.05) is 32.1 Å². The molecule has 2 rings (SSSR count). The molecule has 0 atom stereocenters. The Morgan fingerprint density at radius 3 is 2.74 bits per heavy atom. The number of hydrogen-bond acceptors (Lipinski definition) is 3. The molecule has 1 aliphatic rings. The lowest BCUT2D eigenvalue weighted by atomic mass is 10.2. The van der Waals surface area contributed by atoms with Crippen LogP contribution >= 0.6 is 35.0 Å². The second-order valence-electron chi connectivity index (χ2n) is 4.22. The molecule has 1 saturated heterocycles. The van der Waals surface area contributed by atoms with E-state index >= 15 is 0 Å². The van der Waals surface area contributed by atoms with Gasteiger partial charge >= 0.3 is 0 Å². The summed E-state index contributed by atoms with van der Waals surface area (Å²) in [7, 11) is 0. The van der Waals surface area contributed by atoms with Crippen molar-refractivity contribution in [2.45, 2.75) is 5.75 Å². The van der Waals surface area contributed by atoms with Crippen LogP contribution in [0.25, 0.3) is 0 Å². The first-order valence-corrected chi connectivity index (χ1v) is 7.95. The van der Waals surface area contributed by atoms with Crippen LogP contribution in [-0.4, -0.2) is 42.9 Å². The van der Waals surface area contributed by atoms with Gasteiger partial charge in [0.2, 0.25) is 5.91 Å². The van der Waals surface area contributed by atoms with E-state index in [0.29, 0.717) is 47.9 Å². The molecule has 0 saturated carbocycles. The predicted molar refractivity (Wildman–Crippen MR) is 80.0 cm³/mol. The Morgan fingerprint density at radius 1 is 1.32 bits per heavy atom. The van der Waals surface area contributed by atoms with Gasteiger partial charge in [-0.3, -0.25) is 4.79 Å². The number of nitrogens with zero attached hydrogens (tertiary/aromatic N) is 1. The molecule has 1 heterocycles. The number of rotatable bonds is 4. The maximum absolute atomic E-state index is 11.9. The van der Waals surface area contributed by atoms with Crippen LogP contribution in [0.1, 0.15) is 5.56 Å². The third-order valence-electron chi connectivity index (χ3n) is 2.86. The van der Waals surface area contributed by atoms with Crippen molar-refractivity contribution in [1.29, 1.82) is 0 Å². The molecule has 3 nitrogen and oxygen atoms in total. The Morgan fingerprint density at radius 2 is 2.05 bits per heavy atom. The van der Waals surface area contributed by atoms with Gasteiger partial charge < -0.3 is 9.64 Å². The zero-order valence-corrected chi connectivity index (χ0v) is 12.7. The average Bonchev–Trinajstić information content (AvgIpc) is 2.42. The monoisotopic (exact) mass is 319 g/mol. The molecule has 0 aromatic heterocycles. The fraction of sp³-hybridized carbons (Fsp3) is 0.462. The maximum atomic E-state index is 11.9. The zero-order chi connectivity index (χ0) is 13.7. The molecule has 1 fully saturated rings. The lowest BCUT2D eigenvalue weighted by molar-refractivity contribution is -0.132. The minimum Gasteiger partial charge on any atom is -0.378 e. The quantitative estimate of drug-likeness (QED) is 0.854. The van der Waals surface area contributed by atoms with Crippen molar-refractivity contribution >= 4 is 40.9 Å². The molecule has 0 bridgehead atoms. The van der Waals surface area contributed by atoms with Gasteiger partial charge in [0.15, 0.2) is 0 Å². The van der Waals surface area contributed by atoms with Crippen molar-refractivity contribution < 1.29 is 9.53 Å². The van der Waals surface area contributed by atoms with Crippen LogP contribution in [0, 0.1) is 0 Å². The number of halogens is 2. The lowest BCUT2D eigenvalue weighted by Crippen LogP contribution is -2.41. The largest absolute Gasteiger partial charge is 0.378 e. The van der Waals surface area contributed by atoms with Crippen LogP contribution < -0.4 is 0 Å². The molecule has 1 aromatic carbocycles. The Hall–Kier alpha value is -0.420. The summed E-state index contributed by atoms with van der Waals surface area (Å²) in [6.45, 7) is 2.67. The summed E-state index contributed by atoms with van der Waals surface area (Å²) in [5, 5.41) is 1.28. The van der Waals surface area contributed by atoms with Gasteiger partial charge in [-0.25, -0.2) is 0 Å². The van der Waals surface area contributed by atoms with Crippen LogP contribution in [0.5, 0.6) is 0 Å². The molecule has 6 heteroatoms. The van der Waals surface area contributed by atoms with E-state index in [1.165, 1.54) is 0 Å². The van der Waals surface area contributed by atoms with Crippen molar-refractivity contribution in [2.24, 2.45) is 0 Å². The van der Waals surface area contributed by atoms with Crippen molar-refractivity contribution in [3.63, 3.8) is 0 Å². The first-order valence-electron chi connectivity index (χ1n) is 6.04. The Labute approximate surface area is 127 Å². The van der Waals surface area contributed by atoms with E-state index in [1.807, 2.05) is 17.0 Å². The topological polar surface area (TPSA) is 29.5 Å². The average molecular weight is 320 g/mol. The smallest absolute Gasteiger partial charge is 0.232 e. The second-order valence-corrected chi connectivity index (χ2v) is 6.05. The van der Waals surface area contributed by atoms with Crippen molar-refractivity contribution in [3.05, 3.63) is 33.8 Å². The fourth-order valence-corrected chi connectivity index (χ4v) is 3.28. The van der Waals surface area contributed by atoms with E-state index < -0.39 is 0 Å². The van der Waals surface area contributed by atoms with Crippen LogP contribution in [0.3, 0.4) is 0 Å². The number of thioether (sulfide) groups is 1. The number of hydrogen-bond donors (Lipinski definition) is 0. The third kappa shape index (κ3) is 4.56. The molecule has 0 spiro atoms. The van der Waals surface area contributed by atoms with Gasteiger partial charge in [0.05, 0.1) is 19.0 Å². The molecule has 19 heavy (non-hydrogen) atoms. The standard InChI is InChI=1S/C13H15Cl2NO2S/c14-11-2-1-10(12(15)7-11)8-19-9-13(17)16-3-5-18-6-4-16/h1-2,7H,3-6,8-9H2. The summed E-state index contributed by atoms with van der Waals surface area (Å²) < 4.78 is 5.22. The summed E-state index contributed by atoms with van der Waals surface area (Å²) in [5.74, 6) is 1.35. The SMILES string of the molecule is O=C(CSCc1ccc(Cl)cc1Cl)N1CCOCC1. The molecule has 104 valence electrons. The highest BCUT2D eigenvalue weighted by atomic mass is 35.5. The van der Waals surface area contributed by atoms with Crippen LogP contribution in [0.15, 0.2) is 18.2 Å². The molecule has 1 amide bonds. The zero-order valence-electron chi connectivity index (χ0n) is 10.4. The number of carbonyl (C=O) groups excluding carboxylic acids is 1. The van der Waals surface area contributed by atoms with Crippen LogP contribution in [-0.2, 0) is 15.3 Å². The van der Waals surface area contributed by atoms with E-state index in [0.717, 1.165) is 5.56 Å². The number of carbonyl (C=O) groups is 1. The van der Waals surface area contributed by atoms with E-state index in [4.69, 9.17) is 27.9 Å². The lowest BCUT2D eigenvalue weighted by Gasteiger charge is -2.26. The summed E-state index contributed by atoms with van der Waals surface area (Å²) in [6.07, 6.45) is 0. The highest BCUT2D eigenvalue weighted by Crippen LogP contribution is 2.24. The summed E-state index contributed by atoms with van der Waals surface area (Å²) in [4.78, 5) is 13.8. The van der Waals surface area contributed by atoms with E-state index in [2.05, 4.69) is 0 Å². The van der Waals surface area contributed by atoms with Gasteiger partial charge in [0.1, 0.15) is 0 Å². The number of benzene rings is 1. The van der Waals surface area contributed by atoms with Gasteiger partial charge in [-0.1, -0.05) is 29.3 Å². The van der Waals surface area contributed by atoms with Crippen LogP contribution in [0.4, 0.5) is 0 Å². The fourth-order valence-electron chi connectivity index (χ4n) is 1.79. The van der Waals surface area contributed by atoms with E-state index in [1.54, 1.807) is 17.8 Å². The highest BCUT2D eigenvalue weighted by molar-refractivity contribution is 7.99. The predicted octanol–water partition coefficient (Wildman–Crippen LogP) is 3.09. The normalized spacial score (nSPS) is 15.6. The van der Waals surface area contributed by atoms with E-state index in [9.17, 15) is 4.79 Å². The molecule has 0 N–H and O–H groups in total.